The van der Waals surface area contributed by atoms with Crippen LogP contribution in [-0.2, 0) is 0 Å². The Kier molecular flexibility index (Phi) is 8.45. The van der Waals surface area contributed by atoms with Crippen LogP contribution in [-0.4, -0.2) is 19.1 Å². The molecular weight excluding hydrogens is 733 g/mol. The smallest absolute Gasteiger partial charge is 0.160 e. The Labute approximate surface area is 346 Å². The first kappa shape index (κ1) is 35.2. The highest BCUT2D eigenvalue weighted by Crippen LogP contribution is 2.46. The minimum absolute atomic E-state index is 0.674. The van der Waals surface area contributed by atoms with Gasteiger partial charge in [-0.1, -0.05) is 140 Å². The van der Waals surface area contributed by atoms with Crippen molar-refractivity contribution in [1.29, 1.82) is 0 Å². The maximum absolute atomic E-state index is 6.55. The number of aromatic nitrogens is 4. The summed E-state index contributed by atoms with van der Waals surface area (Å²) < 4.78 is 11.4. The summed E-state index contributed by atoms with van der Waals surface area (Å²) in [6.45, 7) is 5.25. The zero-order valence-corrected chi connectivity index (χ0v) is 33.0. The monoisotopic (exact) mass is 770 g/mol. The van der Waals surface area contributed by atoms with Gasteiger partial charge in [0.15, 0.2) is 5.82 Å². The van der Waals surface area contributed by atoms with E-state index in [0.29, 0.717) is 5.82 Å². The van der Waals surface area contributed by atoms with E-state index in [1.165, 1.54) is 27.2 Å². The molecule has 60 heavy (non-hydrogen) atoms. The highest BCUT2D eigenvalue weighted by molar-refractivity contribution is 6.34. The van der Waals surface area contributed by atoms with Crippen LogP contribution >= 0.6 is 0 Å². The minimum atomic E-state index is 0.674. The number of allylic oxidation sites excluding steroid dienone is 1. The fraction of sp³-hybridized carbons (Fsp3) is 0.0182. The summed E-state index contributed by atoms with van der Waals surface area (Å²) in [7, 11) is 0. The summed E-state index contributed by atoms with van der Waals surface area (Å²) in [6, 6.07) is 68.2. The van der Waals surface area contributed by atoms with E-state index >= 15 is 0 Å². The molecule has 0 fully saturated rings. The molecule has 0 radical (unpaired) electrons. The molecule has 0 amide bonds. The van der Waals surface area contributed by atoms with Gasteiger partial charge in [0.1, 0.15) is 11.2 Å². The van der Waals surface area contributed by atoms with Crippen LogP contribution in [0.15, 0.2) is 211 Å². The molecule has 0 saturated heterocycles. The third-order valence-corrected chi connectivity index (χ3v) is 11.3. The van der Waals surface area contributed by atoms with E-state index in [9.17, 15) is 0 Å². The molecule has 12 aromatic rings. The van der Waals surface area contributed by atoms with E-state index in [2.05, 4.69) is 192 Å². The highest BCUT2D eigenvalue weighted by Gasteiger charge is 2.24. The average Bonchev–Trinajstić information content (AvgIpc) is 3.98. The molecular formula is C55H38N4O. The molecule has 0 unspecified atom stereocenters. The molecule has 0 aliphatic rings. The van der Waals surface area contributed by atoms with Gasteiger partial charge in [-0.05, 0) is 67.6 Å². The molecule has 0 aliphatic carbocycles. The van der Waals surface area contributed by atoms with Crippen LogP contribution in [0.5, 0.6) is 0 Å². The predicted octanol–water partition coefficient (Wildman–Crippen LogP) is 14.8. The lowest BCUT2D eigenvalue weighted by Crippen LogP contribution is -1.98. The molecule has 284 valence electrons. The van der Waals surface area contributed by atoms with E-state index in [4.69, 9.17) is 14.4 Å². The van der Waals surface area contributed by atoms with Gasteiger partial charge in [-0.25, -0.2) is 9.97 Å². The Morgan fingerprint density at radius 1 is 0.433 bits per heavy atom. The van der Waals surface area contributed by atoms with E-state index in [1.807, 2.05) is 25.1 Å². The largest absolute Gasteiger partial charge is 0.456 e. The maximum atomic E-state index is 6.55. The zero-order chi connectivity index (χ0) is 40.2. The Morgan fingerprint density at radius 2 is 1.00 bits per heavy atom. The maximum Gasteiger partial charge on any atom is 0.160 e. The van der Waals surface area contributed by atoms with Crippen molar-refractivity contribution >= 4 is 65.6 Å². The van der Waals surface area contributed by atoms with Crippen molar-refractivity contribution in [3.05, 3.63) is 207 Å². The highest BCUT2D eigenvalue weighted by atomic mass is 16.3. The second kappa shape index (κ2) is 14.4. The summed E-state index contributed by atoms with van der Waals surface area (Å²) in [4.78, 5) is 10.4. The van der Waals surface area contributed by atoms with Crippen LogP contribution in [0.2, 0.25) is 0 Å². The lowest BCUT2D eigenvalue weighted by atomic mass is 10.0. The van der Waals surface area contributed by atoms with Gasteiger partial charge in [0.05, 0.1) is 33.5 Å². The van der Waals surface area contributed by atoms with Gasteiger partial charge < -0.3 is 13.6 Å². The minimum Gasteiger partial charge on any atom is -0.456 e. The molecule has 5 heteroatoms. The van der Waals surface area contributed by atoms with E-state index in [1.54, 1.807) is 6.08 Å². The number of rotatable bonds is 5. The van der Waals surface area contributed by atoms with E-state index < -0.39 is 0 Å². The molecule has 0 bridgehead atoms. The third-order valence-electron chi connectivity index (χ3n) is 11.3. The van der Waals surface area contributed by atoms with Gasteiger partial charge in [-0.3, -0.25) is 0 Å². The number of nitrogens with zero attached hydrogens (tertiary/aromatic N) is 4. The van der Waals surface area contributed by atoms with Crippen LogP contribution in [0.1, 0.15) is 6.92 Å². The lowest BCUT2D eigenvalue weighted by molar-refractivity contribution is 0.669. The zero-order valence-electron chi connectivity index (χ0n) is 33.0. The third kappa shape index (κ3) is 5.63. The van der Waals surface area contributed by atoms with Gasteiger partial charge in [-0.15, -0.1) is 6.58 Å². The van der Waals surface area contributed by atoms with Crippen molar-refractivity contribution in [2.24, 2.45) is 0 Å². The van der Waals surface area contributed by atoms with Crippen LogP contribution in [0, 0.1) is 0 Å². The first-order valence-electron chi connectivity index (χ1n) is 20.2. The Morgan fingerprint density at radius 3 is 1.72 bits per heavy atom. The molecule has 12 rings (SSSR count). The number of hydrogen-bond donors (Lipinski definition) is 0. The Hall–Kier alpha value is -8.02. The van der Waals surface area contributed by atoms with Crippen molar-refractivity contribution in [3.63, 3.8) is 0 Å². The van der Waals surface area contributed by atoms with Gasteiger partial charge in [0.25, 0.3) is 0 Å². The second-order valence-corrected chi connectivity index (χ2v) is 15.0. The quantitative estimate of drug-likeness (QED) is 0.164. The number of benzene rings is 8. The van der Waals surface area contributed by atoms with Gasteiger partial charge in [0, 0.05) is 60.4 Å². The number of para-hydroxylation sites is 3. The average molecular weight is 771 g/mol. The van der Waals surface area contributed by atoms with Crippen LogP contribution in [0.25, 0.3) is 111 Å². The topological polar surface area (TPSA) is 48.8 Å². The summed E-state index contributed by atoms with van der Waals surface area (Å²) >= 11 is 0. The molecule has 4 heterocycles. The predicted molar refractivity (Wildman–Crippen MR) is 250 cm³/mol. The summed E-state index contributed by atoms with van der Waals surface area (Å²) in [6.07, 6.45) is 1.75. The van der Waals surface area contributed by atoms with E-state index in [-0.39, 0.29) is 0 Å². The first-order valence-corrected chi connectivity index (χ1v) is 20.2. The Balaban J connectivity index is 0.00000132. The summed E-state index contributed by atoms with van der Waals surface area (Å²) in [5.41, 5.74) is 13.2. The standard InChI is InChI=1S/C52H32N4O.C3H6/c1-4-15-33(16-5-1)41-32-42(34-17-6-2-7-18-34)54-52(53-41)35-19-14-22-37(31-35)55-44-29-30-47-48(40-24-11-13-26-46(40)57-47)49(44)50-45(55)28-27-39-38-23-10-12-25-43(38)56(51(39)50)36-20-8-3-9-21-36;1-3-2/h1-32H;3H,1H2,2H3. The fourth-order valence-corrected chi connectivity index (χ4v) is 8.85. The molecule has 5 nitrogen and oxygen atoms in total. The molecule has 0 saturated carbocycles. The van der Waals surface area contributed by atoms with Crippen molar-refractivity contribution in [3.8, 4) is 45.3 Å². The number of fused-ring (bicyclic) bond motifs is 11. The molecule has 0 spiro atoms. The van der Waals surface area contributed by atoms with Crippen molar-refractivity contribution in [2.45, 2.75) is 6.92 Å². The normalized spacial score (nSPS) is 11.5. The van der Waals surface area contributed by atoms with E-state index in [0.717, 1.165) is 77.8 Å². The van der Waals surface area contributed by atoms with Crippen LogP contribution < -0.4 is 0 Å². The first-order chi connectivity index (χ1) is 29.7. The molecule has 8 aromatic carbocycles. The van der Waals surface area contributed by atoms with Gasteiger partial charge in [-0.2, -0.15) is 0 Å². The van der Waals surface area contributed by atoms with Crippen molar-refractivity contribution in [2.75, 3.05) is 0 Å². The lowest BCUT2D eigenvalue weighted by Gasteiger charge is -2.12. The second-order valence-electron chi connectivity index (χ2n) is 15.0. The van der Waals surface area contributed by atoms with Gasteiger partial charge >= 0.3 is 0 Å². The number of hydrogen-bond acceptors (Lipinski definition) is 3. The molecule has 4 aromatic heterocycles. The number of furan rings is 1. The van der Waals surface area contributed by atoms with Crippen LogP contribution in [0.4, 0.5) is 0 Å². The molecule has 0 atom stereocenters. The van der Waals surface area contributed by atoms with Crippen molar-refractivity contribution in [1.82, 2.24) is 19.1 Å². The summed E-state index contributed by atoms with van der Waals surface area (Å²) in [5.74, 6) is 0.674. The summed E-state index contributed by atoms with van der Waals surface area (Å²) in [5, 5.41) is 6.99. The van der Waals surface area contributed by atoms with Crippen LogP contribution in [0.3, 0.4) is 0 Å². The van der Waals surface area contributed by atoms with Gasteiger partial charge in [0.2, 0.25) is 0 Å². The fourth-order valence-electron chi connectivity index (χ4n) is 8.85. The van der Waals surface area contributed by atoms with Crippen molar-refractivity contribution < 1.29 is 4.42 Å². The molecule has 0 N–H and O–H groups in total. The Bertz CT molecular complexity index is 3500. The SMILES string of the molecule is C=CC.c1ccc(-c2cc(-c3ccccc3)nc(-c3cccc(-n4c5ccc6oc7ccccc7c6c5c5c4ccc4c6ccccc6n(-c6ccccc6)c45)c3)n2)cc1. The molecule has 0 aliphatic heterocycles.